The minimum atomic E-state index is 0.124. The summed E-state index contributed by atoms with van der Waals surface area (Å²) < 4.78 is 0. The van der Waals surface area contributed by atoms with E-state index in [4.69, 9.17) is 0 Å². The number of rotatable bonds is 3. The molecule has 100 valence electrons. The molecule has 1 aromatic heterocycles. The fourth-order valence-electron chi connectivity index (χ4n) is 2.07. The fraction of sp³-hybridized carbons (Fsp3) is 0.353. The van der Waals surface area contributed by atoms with Crippen LogP contribution in [0, 0.1) is 0 Å². The Kier molecular flexibility index (Phi) is 3.91. The quantitative estimate of drug-likeness (QED) is 0.731. The lowest BCUT2D eigenvalue weighted by atomic mass is 9.86. The third-order valence-electron chi connectivity index (χ3n) is 3.35. The van der Waals surface area contributed by atoms with Gasteiger partial charge in [-0.25, -0.2) is 0 Å². The summed E-state index contributed by atoms with van der Waals surface area (Å²) in [5.74, 6) is 0.146. The molecule has 0 saturated heterocycles. The lowest BCUT2D eigenvalue weighted by Gasteiger charge is -2.18. The number of thiophene rings is 1. The summed E-state index contributed by atoms with van der Waals surface area (Å²) >= 11 is 1.54. The van der Waals surface area contributed by atoms with Crippen molar-refractivity contribution in [3.8, 4) is 0 Å². The highest BCUT2D eigenvalue weighted by Gasteiger charge is 2.17. The lowest BCUT2D eigenvalue weighted by Crippen LogP contribution is -2.11. The molecule has 0 atom stereocenters. The minimum absolute atomic E-state index is 0.124. The van der Waals surface area contributed by atoms with E-state index in [-0.39, 0.29) is 11.2 Å². The molecule has 0 aliphatic heterocycles. The highest BCUT2D eigenvalue weighted by molar-refractivity contribution is 7.12. The van der Waals surface area contributed by atoms with Gasteiger partial charge in [-0.05, 0) is 34.4 Å². The van der Waals surface area contributed by atoms with Gasteiger partial charge in [-0.15, -0.1) is 11.3 Å². The summed E-state index contributed by atoms with van der Waals surface area (Å²) in [4.78, 5) is 13.3. The third-order valence-corrected chi connectivity index (χ3v) is 4.30. The predicted molar refractivity (Wildman–Crippen MR) is 82.3 cm³/mol. The summed E-state index contributed by atoms with van der Waals surface area (Å²) in [7, 11) is 0. The molecule has 0 saturated carbocycles. The number of hydrogen-bond donors (Lipinski definition) is 0. The molecule has 1 heterocycles. The van der Waals surface area contributed by atoms with Crippen LogP contribution in [0.15, 0.2) is 35.7 Å². The molecule has 0 unspecified atom stereocenters. The van der Waals surface area contributed by atoms with Crippen molar-refractivity contribution in [2.75, 3.05) is 0 Å². The number of ketones is 1. The highest BCUT2D eigenvalue weighted by atomic mass is 32.1. The SMILES string of the molecule is CCc1ccsc1C(=O)c1ccc(C(C)(C)C)cc1. The molecule has 2 aromatic rings. The summed E-state index contributed by atoms with van der Waals surface area (Å²) in [6.07, 6.45) is 0.907. The fourth-order valence-corrected chi connectivity index (χ4v) is 3.02. The van der Waals surface area contributed by atoms with E-state index in [2.05, 4.69) is 39.8 Å². The predicted octanol–water partition coefficient (Wildman–Crippen LogP) is 4.84. The van der Waals surface area contributed by atoms with Gasteiger partial charge in [-0.1, -0.05) is 52.0 Å². The van der Waals surface area contributed by atoms with Gasteiger partial charge >= 0.3 is 0 Å². The van der Waals surface area contributed by atoms with E-state index in [1.807, 2.05) is 23.6 Å². The van der Waals surface area contributed by atoms with E-state index in [9.17, 15) is 4.79 Å². The summed E-state index contributed by atoms with van der Waals surface area (Å²) in [6, 6.07) is 10.1. The van der Waals surface area contributed by atoms with Crippen LogP contribution < -0.4 is 0 Å². The lowest BCUT2D eigenvalue weighted by molar-refractivity contribution is 0.104. The Morgan fingerprint density at radius 1 is 1.11 bits per heavy atom. The van der Waals surface area contributed by atoms with Gasteiger partial charge in [-0.2, -0.15) is 0 Å². The Balaban J connectivity index is 2.30. The maximum absolute atomic E-state index is 12.5. The summed E-state index contributed by atoms with van der Waals surface area (Å²) in [6.45, 7) is 8.62. The van der Waals surface area contributed by atoms with Crippen LogP contribution in [0.1, 0.15) is 54.1 Å². The zero-order valence-corrected chi connectivity index (χ0v) is 12.8. The molecular formula is C17H20OS. The summed E-state index contributed by atoms with van der Waals surface area (Å²) in [5.41, 5.74) is 3.31. The molecule has 0 amide bonds. The van der Waals surface area contributed by atoms with E-state index in [1.165, 1.54) is 16.9 Å². The Labute approximate surface area is 119 Å². The standard InChI is InChI=1S/C17H20OS/c1-5-12-10-11-19-16(12)15(18)13-6-8-14(9-7-13)17(2,3)4/h6-11H,5H2,1-4H3. The van der Waals surface area contributed by atoms with Gasteiger partial charge < -0.3 is 0 Å². The molecule has 0 radical (unpaired) electrons. The Morgan fingerprint density at radius 3 is 2.26 bits per heavy atom. The van der Waals surface area contributed by atoms with Crippen molar-refractivity contribution < 1.29 is 4.79 Å². The van der Waals surface area contributed by atoms with Crippen molar-refractivity contribution in [3.05, 3.63) is 57.3 Å². The molecule has 2 heteroatoms. The van der Waals surface area contributed by atoms with E-state index in [0.717, 1.165) is 22.4 Å². The largest absolute Gasteiger partial charge is 0.288 e. The maximum atomic E-state index is 12.5. The monoisotopic (exact) mass is 272 g/mol. The van der Waals surface area contributed by atoms with Gasteiger partial charge in [0.1, 0.15) is 0 Å². The van der Waals surface area contributed by atoms with Crippen LogP contribution in [0.25, 0.3) is 0 Å². The van der Waals surface area contributed by atoms with Gasteiger partial charge in [-0.3, -0.25) is 4.79 Å². The van der Waals surface area contributed by atoms with Gasteiger partial charge in [0.25, 0.3) is 0 Å². The van der Waals surface area contributed by atoms with Gasteiger partial charge in [0.05, 0.1) is 4.88 Å². The molecule has 0 fully saturated rings. The molecule has 0 bridgehead atoms. The van der Waals surface area contributed by atoms with Crippen molar-refractivity contribution in [2.45, 2.75) is 39.5 Å². The van der Waals surface area contributed by atoms with Crippen molar-refractivity contribution in [1.82, 2.24) is 0 Å². The van der Waals surface area contributed by atoms with Crippen LogP contribution in [0.4, 0.5) is 0 Å². The van der Waals surface area contributed by atoms with Crippen LogP contribution in [-0.2, 0) is 11.8 Å². The normalized spacial score (nSPS) is 11.6. The average Bonchev–Trinajstić information content (AvgIpc) is 2.85. The molecule has 0 spiro atoms. The van der Waals surface area contributed by atoms with Crippen molar-refractivity contribution in [3.63, 3.8) is 0 Å². The number of carbonyl (C=O) groups excluding carboxylic acids is 1. The third kappa shape index (κ3) is 2.95. The van der Waals surface area contributed by atoms with Crippen LogP contribution in [-0.4, -0.2) is 5.78 Å². The Hall–Kier alpha value is -1.41. The summed E-state index contributed by atoms with van der Waals surface area (Å²) in [5, 5.41) is 2.00. The Morgan fingerprint density at radius 2 is 1.74 bits per heavy atom. The first kappa shape index (κ1) is 14.0. The van der Waals surface area contributed by atoms with Gasteiger partial charge in [0, 0.05) is 5.56 Å². The molecule has 1 aromatic carbocycles. The zero-order valence-electron chi connectivity index (χ0n) is 12.0. The molecule has 2 rings (SSSR count). The second-order valence-electron chi connectivity index (χ2n) is 5.78. The van der Waals surface area contributed by atoms with Gasteiger partial charge in [0.15, 0.2) is 0 Å². The average molecular weight is 272 g/mol. The molecule has 1 nitrogen and oxygen atoms in total. The van der Waals surface area contributed by atoms with Crippen LogP contribution >= 0.6 is 11.3 Å². The molecule has 0 aliphatic carbocycles. The van der Waals surface area contributed by atoms with Gasteiger partial charge in [0.2, 0.25) is 5.78 Å². The van der Waals surface area contributed by atoms with Crippen molar-refractivity contribution in [1.29, 1.82) is 0 Å². The Bertz CT molecular complexity index is 570. The number of benzene rings is 1. The zero-order chi connectivity index (χ0) is 14.0. The first-order chi connectivity index (χ1) is 8.93. The van der Waals surface area contributed by atoms with E-state index < -0.39 is 0 Å². The second-order valence-corrected chi connectivity index (χ2v) is 6.70. The number of hydrogen-bond acceptors (Lipinski definition) is 2. The first-order valence-corrected chi connectivity index (χ1v) is 7.53. The maximum Gasteiger partial charge on any atom is 0.203 e. The smallest absolute Gasteiger partial charge is 0.203 e. The number of aryl methyl sites for hydroxylation is 1. The second kappa shape index (κ2) is 5.30. The highest BCUT2D eigenvalue weighted by Crippen LogP contribution is 2.25. The molecule has 0 aliphatic rings. The van der Waals surface area contributed by atoms with E-state index >= 15 is 0 Å². The number of carbonyl (C=O) groups is 1. The molecular weight excluding hydrogens is 252 g/mol. The molecule has 0 N–H and O–H groups in total. The van der Waals surface area contributed by atoms with E-state index in [1.54, 1.807) is 0 Å². The van der Waals surface area contributed by atoms with Crippen molar-refractivity contribution in [2.24, 2.45) is 0 Å². The topological polar surface area (TPSA) is 17.1 Å². The molecule has 19 heavy (non-hydrogen) atoms. The minimum Gasteiger partial charge on any atom is -0.288 e. The van der Waals surface area contributed by atoms with Crippen LogP contribution in [0.3, 0.4) is 0 Å². The van der Waals surface area contributed by atoms with E-state index in [0.29, 0.717) is 0 Å². The first-order valence-electron chi connectivity index (χ1n) is 6.65. The van der Waals surface area contributed by atoms with Crippen LogP contribution in [0.2, 0.25) is 0 Å². The van der Waals surface area contributed by atoms with Crippen molar-refractivity contribution >= 4 is 17.1 Å². The van der Waals surface area contributed by atoms with Crippen LogP contribution in [0.5, 0.6) is 0 Å².